The average molecular weight is 300 g/mol. The normalized spacial score (nSPS) is 11.5. The highest BCUT2D eigenvalue weighted by molar-refractivity contribution is 5.85. The van der Waals surface area contributed by atoms with E-state index >= 15 is 0 Å². The molecule has 0 atom stereocenters. The minimum Gasteiger partial charge on any atom is -0.478 e. The van der Waals surface area contributed by atoms with Gasteiger partial charge in [-0.1, -0.05) is 81.9 Å². The van der Waals surface area contributed by atoms with Gasteiger partial charge in [0.2, 0.25) is 0 Å². The Morgan fingerprint density at radius 1 is 0.909 bits per heavy atom. The van der Waals surface area contributed by atoms with Gasteiger partial charge in [-0.3, -0.25) is 0 Å². The molecule has 0 bridgehead atoms. The van der Waals surface area contributed by atoms with E-state index in [1.165, 1.54) is 44.9 Å². The topological polar surface area (TPSA) is 37.3 Å². The summed E-state index contributed by atoms with van der Waals surface area (Å²) in [6.45, 7) is 2.25. The fourth-order valence-electron chi connectivity index (χ4n) is 2.32. The van der Waals surface area contributed by atoms with Crippen molar-refractivity contribution in [1.29, 1.82) is 0 Å². The fourth-order valence-corrected chi connectivity index (χ4v) is 2.32. The molecule has 0 aromatic heterocycles. The molecule has 2 heteroatoms. The van der Waals surface area contributed by atoms with Crippen LogP contribution < -0.4 is 0 Å². The summed E-state index contributed by atoms with van der Waals surface area (Å²) in [6.07, 6.45) is 17.7. The van der Waals surface area contributed by atoms with Crippen molar-refractivity contribution in [3.8, 4) is 0 Å². The Hall–Kier alpha value is -1.83. The van der Waals surface area contributed by atoms with Crippen molar-refractivity contribution in [2.75, 3.05) is 0 Å². The summed E-state index contributed by atoms with van der Waals surface area (Å²) < 4.78 is 0. The monoisotopic (exact) mass is 300 g/mol. The van der Waals surface area contributed by atoms with Crippen LogP contribution in [-0.2, 0) is 4.79 Å². The Bertz CT molecular complexity index is 469. The fraction of sp³-hybridized carbons (Fsp3) is 0.450. The number of hydrogen-bond donors (Lipinski definition) is 1. The molecule has 0 aliphatic carbocycles. The summed E-state index contributed by atoms with van der Waals surface area (Å²) in [5.74, 6) is -0.918. The number of carboxylic acid groups (broad SMARTS) is 1. The van der Waals surface area contributed by atoms with Crippen LogP contribution >= 0.6 is 0 Å². The molecular formula is C20H28O2. The van der Waals surface area contributed by atoms with Crippen molar-refractivity contribution in [2.24, 2.45) is 0 Å². The average Bonchev–Trinajstić information content (AvgIpc) is 2.52. The summed E-state index contributed by atoms with van der Waals surface area (Å²) in [7, 11) is 0. The Morgan fingerprint density at radius 3 is 2.05 bits per heavy atom. The molecule has 0 aliphatic rings. The number of aliphatic carboxylic acids is 1. The molecule has 0 amide bonds. The lowest BCUT2D eigenvalue weighted by Crippen LogP contribution is -1.85. The number of hydrogen-bond acceptors (Lipinski definition) is 1. The number of benzene rings is 1. The predicted molar refractivity (Wildman–Crippen MR) is 94.8 cm³/mol. The van der Waals surface area contributed by atoms with Gasteiger partial charge in [0.25, 0.3) is 0 Å². The molecule has 120 valence electrons. The zero-order chi connectivity index (χ0) is 16.0. The Morgan fingerprint density at radius 2 is 1.45 bits per heavy atom. The second-order valence-electron chi connectivity index (χ2n) is 5.65. The number of carboxylic acids is 1. The zero-order valence-electron chi connectivity index (χ0n) is 13.6. The number of unbranched alkanes of at least 4 members (excludes halogenated alkanes) is 7. The maximum Gasteiger partial charge on any atom is 0.328 e. The Balaban J connectivity index is 2.19. The molecule has 0 saturated heterocycles. The van der Waals surface area contributed by atoms with E-state index in [9.17, 15) is 4.79 Å². The molecule has 0 spiro atoms. The predicted octanol–water partition coefficient (Wildman–Crippen LogP) is 5.94. The standard InChI is InChI=1S/C20H28O2/c1-2-3-4-5-6-7-8-9-10-11-18-12-14-19(15-13-18)16-17-20(21)22/h10-17H,2-9H2,1H3,(H,21,22). The van der Waals surface area contributed by atoms with Gasteiger partial charge < -0.3 is 5.11 Å². The molecule has 0 aliphatic heterocycles. The largest absolute Gasteiger partial charge is 0.478 e. The van der Waals surface area contributed by atoms with Gasteiger partial charge in [0, 0.05) is 6.08 Å². The summed E-state index contributed by atoms with van der Waals surface area (Å²) in [5, 5.41) is 8.58. The first-order valence-corrected chi connectivity index (χ1v) is 8.40. The maximum atomic E-state index is 10.4. The highest BCUT2D eigenvalue weighted by Gasteiger charge is 1.92. The van der Waals surface area contributed by atoms with Crippen molar-refractivity contribution < 1.29 is 9.90 Å². The van der Waals surface area contributed by atoms with E-state index in [0.29, 0.717) is 0 Å². The van der Waals surface area contributed by atoms with Crippen LogP contribution in [0.3, 0.4) is 0 Å². The van der Waals surface area contributed by atoms with Crippen molar-refractivity contribution in [3.05, 3.63) is 47.5 Å². The maximum absolute atomic E-state index is 10.4. The minimum absolute atomic E-state index is 0.909. The molecule has 0 saturated carbocycles. The molecule has 0 unspecified atom stereocenters. The molecule has 1 aromatic carbocycles. The Labute approximate surface area is 134 Å². The quantitative estimate of drug-likeness (QED) is 0.405. The van der Waals surface area contributed by atoms with Crippen LogP contribution in [0.1, 0.15) is 69.4 Å². The lowest BCUT2D eigenvalue weighted by atomic mass is 10.1. The van der Waals surface area contributed by atoms with E-state index in [-0.39, 0.29) is 0 Å². The summed E-state index contributed by atoms with van der Waals surface area (Å²) in [6, 6.07) is 7.91. The summed E-state index contributed by atoms with van der Waals surface area (Å²) in [4.78, 5) is 10.4. The van der Waals surface area contributed by atoms with Crippen LogP contribution in [0.25, 0.3) is 12.2 Å². The molecule has 22 heavy (non-hydrogen) atoms. The first-order chi connectivity index (χ1) is 10.7. The van der Waals surface area contributed by atoms with Crippen LogP contribution in [0.15, 0.2) is 36.4 Å². The highest BCUT2D eigenvalue weighted by Crippen LogP contribution is 2.11. The zero-order valence-corrected chi connectivity index (χ0v) is 13.6. The van der Waals surface area contributed by atoms with Gasteiger partial charge in [-0.25, -0.2) is 4.79 Å². The lowest BCUT2D eigenvalue weighted by Gasteiger charge is -1.99. The van der Waals surface area contributed by atoms with E-state index in [2.05, 4.69) is 19.1 Å². The third-order valence-electron chi connectivity index (χ3n) is 3.64. The Kier molecular flexibility index (Phi) is 9.76. The van der Waals surface area contributed by atoms with E-state index in [4.69, 9.17) is 5.11 Å². The number of carbonyl (C=O) groups is 1. The van der Waals surface area contributed by atoms with Crippen molar-refractivity contribution in [1.82, 2.24) is 0 Å². The van der Waals surface area contributed by atoms with Crippen LogP contribution in [-0.4, -0.2) is 11.1 Å². The SMILES string of the molecule is CCCCCCCCCC=Cc1ccc(C=CC(=O)O)cc1. The smallest absolute Gasteiger partial charge is 0.328 e. The molecule has 0 heterocycles. The number of allylic oxidation sites excluding steroid dienone is 1. The van der Waals surface area contributed by atoms with Gasteiger partial charge in [-0.2, -0.15) is 0 Å². The van der Waals surface area contributed by atoms with Gasteiger partial charge in [0.15, 0.2) is 0 Å². The second-order valence-corrected chi connectivity index (χ2v) is 5.65. The molecule has 1 aromatic rings. The summed E-state index contributed by atoms with van der Waals surface area (Å²) >= 11 is 0. The van der Waals surface area contributed by atoms with Crippen LogP contribution in [0, 0.1) is 0 Å². The van der Waals surface area contributed by atoms with Crippen molar-refractivity contribution in [3.63, 3.8) is 0 Å². The van der Waals surface area contributed by atoms with Gasteiger partial charge in [0.05, 0.1) is 0 Å². The van der Waals surface area contributed by atoms with Gasteiger partial charge in [-0.15, -0.1) is 0 Å². The van der Waals surface area contributed by atoms with Gasteiger partial charge >= 0.3 is 5.97 Å². The molecule has 1 rings (SSSR count). The number of rotatable bonds is 11. The third-order valence-corrected chi connectivity index (χ3v) is 3.64. The van der Waals surface area contributed by atoms with E-state index in [1.807, 2.05) is 24.3 Å². The van der Waals surface area contributed by atoms with Gasteiger partial charge in [-0.05, 0) is 30.0 Å². The van der Waals surface area contributed by atoms with Crippen LogP contribution in [0.2, 0.25) is 0 Å². The van der Waals surface area contributed by atoms with E-state index in [0.717, 1.165) is 23.6 Å². The summed E-state index contributed by atoms with van der Waals surface area (Å²) in [5.41, 5.74) is 2.07. The molecule has 0 fully saturated rings. The first-order valence-electron chi connectivity index (χ1n) is 8.40. The molecular weight excluding hydrogens is 272 g/mol. The van der Waals surface area contributed by atoms with Crippen LogP contribution in [0.5, 0.6) is 0 Å². The third kappa shape index (κ3) is 9.17. The van der Waals surface area contributed by atoms with Gasteiger partial charge in [0.1, 0.15) is 0 Å². The molecule has 1 N–H and O–H groups in total. The van der Waals surface area contributed by atoms with Crippen molar-refractivity contribution >= 4 is 18.1 Å². The molecule has 0 radical (unpaired) electrons. The lowest BCUT2D eigenvalue weighted by molar-refractivity contribution is -0.131. The first kappa shape index (κ1) is 18.2. The highest BCUT2D eigenvalue weighted by atomic mass is 16.4. The van der Waals surface area contributed by atoms with Crippen molar-refractivity contribution in [2.45, 2.75) is 58.3 Å². The molecule has 2 nitrogen and oxygen atoms in total. The minimum atomic E-state index is -0.918. The second kappa shape index (κ2) is 11.8. The van der Waals surface area contributed by atoms with Crippen LogP contribution in [0.4, 0.5) is 0 Å². The van der Waals surface area contributed by atoms with E-state index < -0.39 is 5.97 Å². The van der Waals surface area contributed by atoms with E-state index in [1.54, 1.807) is 6.08 Å².